The van der Waals surface area contributed by atoms with E-state index in [0.717, 1.165) is 12.8 Å². The number of alkyl halides is 2. The van der Waals surface area contributed by atoms with Gasteiger partial charge in [0, 0.05) is 18.1 Å². The van der Waals surface area contributed by atoms with E-state index < -0.39 is 33.1 Å². The van der Waals surface area contributed by atoms with Gasteiger partial charge in [0.2, 0.25) is 9.84 Å². The van der Waals surface area contributed by atoms with Gasteiger partial charge in [-0.3, -0.25) is 9.59 Å². The van der Waals surface area contributed by atoms with Gasteiger partial charge in [0.25, 0.3) is 0 Å². The number of carbonyl (C=O) groups is 2. The summed E-state index contributed by atoms with van der Waals surface area (Å²) in [7, 11) is -4.63. The molecule has 4 saturated carbocycles. The third kappa shape index (κ3) is 2.35. The second-order valence-electron chi connectivity index (χ2n) is 7.01. The first-order valence-corrected chi connectivity index (χ1v) is 9.22. The van der Waals surface area contributed by atoms with E-state index in [1.54, 1.807) is 0 Å². The van der Waals surface area contributed by atoms with Gasteiger partial charge in [0.05, 0.1) is 5.41 Å². The van der Waals surface area contributed by atoms with Crippen molar-refractivity contribution in [3.8, 4) is 0 Å². The molecule has 0 amide bonds. The Bertz CT molecular complexity index is 609. The molecule has 0 radical (unpaired) electrons. The molecule has 4 fully saturated rings. The van der Waals surface area contributed by atoms with E-state index in [1.165, 1.54) is 0 Å². The highest BCUT2D eigenvalue weighted by Gasteiger charge is 2.59. The lowest BCUT2D eigenvalue weighted by atomic mass is 9.49. The molecule has 2 atom stereocenters. The highest BCUT2D eigenvalue weighted by Crippen LogP contribution is 2.59. The standard InChI is InChI=1S/C14H18F2O5S/c1-22(19,20)14(15,16)7-21-12(18)13-4-8-2-9(5-13)11(17)10(3-8)6-13/h8-10H,2-7H2,1H3. The van der Waals surface area contributed by atoms with E-state index in [9.17, 15) is 26.8 Å². The minimum atomic E-state index is -4.63. The molecule has 2 unspecified atom stereocenters. The summed E-state index contributed by atoms with van der Waals surface area (Å²) in [5, 5.41) is -4.08. The molecule has 5 nitrogen and oxygen atoms in total. The Labute approximate surface area is 127 Å². The number of ketones is 1. The number of hydrogen-bond donors (Lipinski definition) is 0. The van der Waals surface area contributed by atoms with Crippen LogP contribution in [0.15, 0.2) is 0 Å². The third-order valence-corrected chi connectivity index (χ3v) is 6.54. The number of sulfone groups is 1. The van der Waals surface area contributed by atoms with Crippen molar-refractivity contribution < 1.29 is 31.5 Å². The van der Waals surface area contributed by atoms with Crippen molar-refractivity contribution in [2.45, 2.75) is 37.4 Å². The molecule has 4 aliphatic carbocycles. The van der Waals surface area contributed by atoms with Crippen molar-refractivity contribution in [3.63, 3.8) is 0 Å². The zero-order chi connectivity index (χ0) is 16.3. The van der Waals surface area contributed by atoms with Gasteiger partial charge in [0.15, 0.2) is 6.61 Å². The minimum Gasteiger partial charge on any atom is -0.458 e. The number of esters is 1. The van der Waals surface area contributed by atoms with Gasteiger partial charge in [-0.1, -0.05) is 0 Å². The molecule has 0 N–H and O–H groups in total. The molecule has 4 aliphatic rings. The van der Waals surface area contributed by atoms with Gasteiger partial charge >= 0.3 is 11.2 Å². The number of hydrogen-bond acceptors (Lipinski definition) is 5. The molecule has 0 saturated heterocycles. The van der Waals surface area contributed by atoms with Gasteiger partial charge in [-0.15, -0.1) is 0 Å². The summed E-state index contributed by atoms with van der Waals surface area (Å²) in [6, 6.07) is 0. The van der Waals surface area contributed by atoms with Crippen LogP contribution in [0.4, 0.5) is 8.78 Å². The first-order chi connectivity index (χ1) is 10.0. The summed E-state index contributed by atoms with van der Waals surface area (Å²) in [6.07, 6.45) is 3.19. The molecule has 22 heavy (non-hydrogen) atoms. The molecule has 8 heteroatoms. The summed E-state index contributed by atoms with van der Waals surface area (Å²) >= 11 is 0. The summed E-state index contributed by atoms with van der Waals surface area (Å²) in [4.78, 5) is 24.4. The molecular formula is C14H18F2O5S. The summed E-state index contributed by atoms with van der Waals surface area (Å²) in [5.74, 6) is -0.676. The Balaban J connectivity index is 1.72. The second-order valence-corrected chi connectivity index (χ2v) is 9.15. The number of ether oxygens (including phenoxy) is 1. The molecule has 0 aromatic rings. The average molecular weight is 336 g/mol. The Morgan fingerprint density at radius 1 is 1.27 bits per heavy atom. The smallest absolute Gasteiger partial charge is 0.378 e. The van der Waals surface area contributed by atoms with Crippen molar-refractivity contribution >= 4 is 21.6 Å². The van der Waals surface area contributed by atoms with Gasteiger partial charge in [-0.05, 0) is 38.0 Å². The normalized spacial score (nSPS) is 37.4. The summed E-state index contributed by atoms with van der Waals surface area (Å²) in [5.41, 5.74) is -0.877. The second kappa shape index (κ2) is 4.72. The number of Topliss-reactive ketones (excluding diaryl/α,β-unsaturated/α-hetero) is 1. The fourth-order valence-corrected chi connectivity index (χ4v) is 4.68. The molecule has 0 heterocycles. The lowest BCUT2D eigenvalue weighted by Gasteiger charge is -2.53. The summed E-state index contributed by atoms with van der Waals surface area (Å²) in [6.45, 7) is -1.46. The van der Waals surface area contributed by atoms with Gasteiger partial charge in [-0.2, -0.15) is 8.78 Å². The van der Waals surface area contributed by atoms with Gasteiger partial charge in [-0.25, -0.2) is 8.42 Å². The number of rotatable bonds is 4. The quantitative estimate of drug-likeness (QED) is 0.728. The summed E-state index contributed by atoms with van der Waals surface area (Å²) < 4.78 is 53.4. The molecule has 4 rings (SSSR count). The predicted molar refractivity (Wildman–Crippen MR) is 71.7 cm³/mol. The predicted octanol–water partition coefficient (Wildman–Crippen LogP) is 1.56. The van der Waals surface area contributed by atoms with Crippen LogP contribution in [-0.2, 0) is 24.2 Å². The van der Waals surface area contributed by atoms with Crippen LogP contribution in [0.1, 0.15) is 32.1 Å². The van der Waals surface area contributed by atoms with Crippen LogP contribution in [-0.4, -0.2) is 38.3 Å². The van der Waals surface area contributed by atoms with Gasteiger partial charge in [0.1, 0.15) is 5.78 Å². The van der Waals surface area contributed by atoms with E-state index in [0.29, 0.717) is 25.5 Å². The topological polar surface area (TPSA) is 77.5 Å². The highest BCUT2D eigenvalue weighted by atomic mass is 32.2. The van der Waals surface area contributed by atoms with Crippen molar-refractivity contribution in [1.82, 2.24) is 0 Å². The maximum Gasteiger partial charge on any atom is 0.378 e. The van der Waals surface area contributed by atoms with Crippen LogP contribution in [0, 0.1) is 23.2 Å². The maximum absolute atomic E-state index is 13.4. The van der Waals surface area contributed by atoms with Crippen LogP contribution in [0.5, 0.6) is 0 Å². The third-order valence-electron chi connectivity index (χ3n) is 5.34. The van der Waals surface area contributed by atoms with Crippen molar-refractivity contribution in [2.24, 2.45) is 23.2 Å². The largest absolute Gasteiger partial charge is 0.458 e. The first kappa shape index (κ1) is 15.8. The molecular weight excluding hydrogens is 318 g/mol. The number of carbonyl (C=O) groups excluding carboxylic acids is 2. The van der Waals surface area contributed by atoms with E-state index in [-0.39, 0.29) is 23.5 Å². The Morgan fingerprint density at radius 2 is 1.82 bits per heavy atom. The molecule has 124 valence electrons. The van der Waals surface area contributed by atoms with Crippen LogP contribution < -0.4 is 0 Å². The van der Waals surface area contributed by atoms with Crippen LogP contribution in [0.2, 0.25) is 0 Å². The highest BCUT2D eigenvalue weighted by molar-refractivity contribution is 7.91. The zero-order valence-corrected chi connectivity index (χ0v) is 13.0. The monoisotopic (exact) mass is 336 g/mol. The Kier molecular flexibility index (Phi) is 3.40. The molecule has 0 aromatic carbocycles. The Hall–Kier alpha value is -1.05. The van der Waals surface area contributed by atoms with Crippen molar-refractivity contribution in [3.05, 3.63) is 0 Å². The van der Waals surface area contributed by atoms with Crippen LogP contribution in [0.25, 0.3) is 0 Å². The Morgan fingerprint density at radius 3 is 2.32 bits per heavy atom. The first-order valence-electron chi connectivity index (χ1n) is 7.32. The fraction of sp³-hybridized carbons (Fsp3) is 0.857. The lowest BCUT2D eigenvalue weighted by Crippen LogP contribution is -2.55. The maximum atomic E-state index is 13.4. The molecule has 0 spiro atoms. The lowest BCUT2D eigenvalue weighted by molar-refractivity contribution is -0.178. The van der Waals surface area contributed by atoms with E-state index in [4.69, 9.17) is 0 Å². The van der Waals surface area contributed by atoms with E-state index in [1.807, 2.05) is 0 Å². The average Bonchev–Trinajstić information content (AvgIpc) is 2.39. The zero-order valence-electron chi connectivity index (χ0n) is 12.2. The SMILES string of the molecule is CS(=O)(=O)C(F)(F)COC(=O)C12CC3CC(C1)C(=O)C(C3)C2. The van der Waals surface area contributed by atoms with Crippen molar-refractivity contribution in [1.29, 1.82) is 0 Å². The fourth-order valence-electron chi connectivity index (χ4n) is 4.41. The van der Waals surface area contributed by atoms with Crippen LogP contribution >= 0.6 is 0 Å². The van der Waals surface area contributed by atoms with Crippen molar-refractivity contribution in [2.75, 3.05) is 12.9 Å². The van der Waals surface area contributed by atoms with Gasteiger partial charge < -0.3 is 4.74 Å². The van der Waals surface area contributed by atoms with Crippen LogP contribution in [0.3, 0.4) is 0 Å². The molecule has 0 aliphatic heterocycles. The molecule has 4 bridgehead atoms. The van der Waals surface area contributed by atoms with E-state index in [2.05, 4.69) is 4.74 Å². The molecule has 0 aromatic heterocycles. The van der Waals surface area contributed by atoms with E-state index >= 15 is 0 Å². The number of halogens is 2. The minimum absolute atomic E-state index is 0.172.